The fourth-order valence-corrected chi connectivity index (χ4v) is 3.06. The summed E-state index contributed by atoms with van der Waals surface area (Å²) in [4.78, 5) is 32.8. The largest absolute Gasteiger partial charge is 0.345 e. The van der Waals surface area contributed by atoms with Gasteiger partial charge in [-0.3, -0.25) is 9.59 Å². The van der Waals surface area contributed by atoms with Crippen LogP contribution >= 0.6 is 11.8 Å². The van der Waals surface area contributed by atoms with Crippen molar-refractivity contribution in [2.75, 3.05) is 5.75 Å². The molecule has 1 aromatic carbocycles. The van der Waals surface area contributed by atoms with Crippen molar-refractivity contribution in [3.8, 4) is 0 Å². The van der Waals surface area contributed by atoms with Gasteiger partial charge in [0.1, 0.15) is 0 Å². The average molecular weight is 357 g/mol. The zero-order valence-corrected chi connectivity index (χ0v) is 15.8. The van der Waals surface area contributed by atoms with Crippen LogP contribution in [0.1, 0.15) is 29.4 Å². The quantitative estimate of drug-likeness (QED) is 0.609. The van der Waals surface area contributed by atoms with E-state index >= 15 is 0 Å². The molecule has 1 amide bonds. The maximum atomic E-state index is 12.2. The van der Waals surface area contributed by atoms with Gasteiger partial charge in [-0.05, 0) is 45.2 Å². The van der Waals surface area contributed by atoms with Gasteiger partial charge in [0.2, 0.25) is 5.91 Å². The molecule has 0 aliphatic carbocycles. The van der Waals surface area contributed by atoms with Crippen molar-refractivity contribution in [1.29, 1.82) is 0 Å². The first-order valence-corrected chi connectivity index (χ1v) is 9.13. The first-order valence-electron chi connectivity index (χ1n) is 8.15. The molecule has 132 valence electrons. The maximum absolute atomic E-state index is 12.2. The molecule has 0 fully saturated rings. The number of Topliss-reactive ketones (excluding diaryl/α,β-unsaturated/α-hetero) is 1. The lowest BCUT2D eigenvalue weighted by molar-refractivity contribution is -0.125. The molecular formula is C19H23N3O2S. The molecule has 2 rings (SSSR count). The molecule has 0 bridgehead atoms. The smallest absolute Gasteiger partial charge is 0.231 e. The molecule has 6 heteroatoms. The molecule has 0 unspecified atom stereocenters. The van der Waals surface area contributed by atoms with Crippen LogP contribution in [-0.2, 0) is 16.0 Å². The molecule has 2 aromatic rings. The van der Waals surface area contributed by atoms with Crippen LogP contribution in [0, 0.1) is 20.8 Å². The molecule has 0 saturated heterocycles. The number of ketones is 1. The summed E-state index contributed by atoms with van der Waals surface area (Å²) in [7, 11) is 0. The fraction of sp³-hybridized carbons (Fsp3) is 0.368. The standard InChI is InChI=1S/C19H23N3O2S/c1-12-13(2)20-19(21-14(12)3)25-11-18(24)22-17(15(4)23)10-16-8-6-5-7-9-16/h5-9,17H,10-11H2,1-4H3,(H,22,24)/t17-/m1/s1. The summed E-state index contributed by atoms with van der Waals surface area (Å²) in [6, 6.07) is 9.14. The molecular weight excluding hydrogens is 334 g/mol. The predicted molar refractivity (Wildman–Crippen MR) is 99.7 cm³/mol. The average Bonchev–Trinajstić information content (AvgIpc) is 2.58. The van der Waals surface area contributed by atoms with E-state index in [-0.39, 0.29) is 17.4 Å². The molecule has 0 radical (unpaired) electrons. The number of amides is 1. The number of aryl methyl sites for hydroxylation is 2. The van der Waals surface area contributed by atoms with Gasteiger partial charge in [-0.2, -0.15) is 0 Å². The second kappa shape index (κ2) is 8.76. The summed E-state index contributed by atoms with van der Waals surface area (Å²) in [5.41, 5.74) is 3.92. The van der Waals surface area contributed by atoms with Crippen molar-refractivity contribution >= 4 is 23.5 Å². The van der Waals surface area contributed by atoms with Gasteiger partial charge in [0.15, 0.2) is 10.9 Å². The summed E-state index contributed by atoms with van der Waals surface area (Å²) in [5, 5.41) is 3.39. The Labute approximate surface area is 152 Å². The molecule has 0 aliphatic heterocycles. The van der Waals surface area contributed by atoms with Gasteiger partial charge in [-0.25, -0.2) is 9.97 Å². The summed E-state index contributed by atoms with van der Waals surface area (Å²) >= 11 is 1.28. The van der Waals surface area contributed by atoms with Gasteiger partial charge < -0.3 is 5.32 Å². The third-order valence-electron chi connectivity index (χ3n) is 4.05. The highest BCUT2D eigenvalue weighted by molar-refractivity contribution is 7.99. The topological polar surface area (TPSA) is 72.0 Å². The van der Waals surface area contributed by atoms with Gasteiger partial charge in [0, 0.05) is 11.4 Å². The van der Waals surface area contributed by atoms with E-state index in [1.54, 1.807) is 0 Å². The number of hydrogen-bond acceptors (Lipinski definition) is 5. The summed E-state index contributed by atoms with van der Waals surface area (Å²) in [6.45, 7) is 7.34. The lowest BCUT2D eigenvalue weighted by Gasteiger charge is -2.16. The summed E-state index contributed by atoms with van der Waals surface area (Å²) in [6.07, 6.45) is 0.492. The number of aromatic nitrogens is 2. The number of nitrogens with zero attached hydrogens (tertiary/aromatic N) is 2. The molecule has 1 aromatic heterocycles. The van der Waals surface area contributed by atoms with Crippen molar-refractivity contribution in [3.63, 3.8) is 0 Å². The van der Waals surface area contributed by atoms with Crippen LogP contribution in [-0.4, -0.2) is 33.5 Å². The minimum absolute atomic E-state index is 0.0551. The number of benzene rings is 1. The highest BCUT2D eigenvalue weighted by Crippen LogP contribution is 2.17. The van der Waals surface area contributed by atoms with Gasteiger partial charge >= 0.3 is 0 Å². The summed E-state index contributed by atoms with van der Waals surface area (Å²) in [5.74, 6) is -0.0679. The Morgan fingerprint density at radius 1 is 1.08 bits per heavy atom. The van der Waals surface area contributed by atoms with Crippen molar-refractivity contribution in [2.24, 2.45) is 0 Å². The highest BCUT2D eigenvalue weighted by Gasteiger charge is 2.18. The lowest BCUT2D eigenvalue weighted by atomic mass is 10.0. The number of hydrogen-bond donors (Lipinski definition) is 1. The number of carbonyl (C=O) groups is 2. The Bertz CT molecular complexity index is 740. The second-order valence-electron chi connectivity index (χ2n) is 6.01. The minimum Gasteiger partial charge on any atom is -0.345 e. The molecule has 5 nitrogen and oxygen atoms in total. The van der Waals surface area contributed by atoms with Crippen molar-refractivity contribution in [3.05, 3.63) is 52.8 Å². The van der Waals surface area contributed by atoms with Gasteiger partial charge in [-0.1, -0.05) is 42.1 Å². The van der Waals surface area contributed by atoms with E-state index in [9.17, 15) is 9.59 Å². The SMILES string of the molecule is CC(=O)[C@@H](Cc1ccccc1)NC(=O)CSc1nc(C)c(C)c(C)n1. The number of rotatable bonds is 7. The molecule has 0 aliphatic rings. The first kappa shape index (κ1) is 19.1. The molecule has 1 N–H and O–H groups in total. The Hall–Kier alpha value is -2.21. The van der Waals surface area contributed by atoms with Crippen LogP contribution in [0.3, 0.4) is 0 Å². The van der Waals surface area contributed by atoms with Crippen LogP contribution in [0.4, 0.5) is 0 Å². The third kappa shape index (κ3) is 5.67. The van der Waals surface area contributed by atoms with Crippen LogP contribution in [0.25, 0.3) is 0 Å². The van der Waals surface area contributed by atoms with Crippen molar-refractivity contribution < 1.29 is 9.59 Å². The van der Waals surface area contributed by atoms with Crippen LogP contribution in [0.5, 0.6) is 0 Å². The van der Waals surface area contributed by atoms with E-state index < -0.39 is 6.04 Å². The highest BCUT2D eigenvalue weighted by atomic mass is 32.2. The Balaban J connectivity index is 1.94. The van der Waals surface area contributed by atoms with Crippen LogP contribution in [0.2, 0.25) is 0 Å². The number of thioether (sulfide) groups is 1. The summed E-state index contributed by atoms with van der Waals surface area (Å²) < 4.78 is 0. The van der Waals surface area contributed by atoms with Crippen molar-refractivity contribution in [2.45, 2.75) is 45.3 Å². The minimum atomic E-state index is -0.516. The Morgan fingerprint density at radius 2 is 1.68 bits per heavy atom. The Kier molecular flexibility index (Phi) is 6.70. The van der Waals surface area contributed by atoms with E-state index in [0.717, 1.165) is 22.5 Å². The lowest BCUT2D eigenvalue weighted by Crippen LogP contribution is -2.42. The third-order valence-corrected chi connectivity index (χ3v) is 4.90. The number of carbonyl (C=O) groups excluding carboxylic acids is 2. The molecule has 1 atom stereocenters. The maximum Gasteiger partial charge on any atom is 0.231 e. The Morgan fingerprint density at radius 3 is 2.24 bits per heavy atom. The van der Waals surface area contributed by atoms with E-state index in [1.807, 2.05) is 51.1 Å². The van der Waals surface area contributed by atoms with E-state index in [2.05, 4.69) is 15.3 Å². The molecule has 0 spiro atoms. The first-order chi connectivity index (χ1) is 11.9. The van der Waals surface area contributed by atoms with Crippen molar-refractivity contribution in [1.82, 2.24) is 15.3 Å². The zero-order valence-electron chi connectivity index (χ0n) is 15.0. The van der Waals surface area contributed by atoms with Gasteiger partial charge in [0.05, 0.1) is 11.8 Å². The van der Waals surface area contributed by atoms with E-state index in [4.69, 9.17) is 0 Å². The van der Waals surface area contributed by atoms with Gasteiger partial charge in [-0.15, -0.1) is 0 Å². The van der Waals surface area contributed by atoms with Crippen LogP contribution in [0.15, 0.2) is 35.5 Å². The van der Waals surface area contributed by atoms with Gasteiger partial charge in [0.25, 0.3) is 0 Å². The van der Waals surface area contributed by atoms with E-state index in [1.165, 1.54) is 18.7 Å². The zero-order chi connectivity index (χ0) is 18.4. The van der Waals surface area contributed by atoms with E-state index in [0.29, 0.717) is 11.6 Å². The molecule has 25 heavy (non-hydrogen) atoms. The molecule has 1 heterocycles. The number of nitrogens with one attached hydrogen (secondary N) is 1. The fourth-order valence-electron chi connectivity index (χ4n) is 2.32. The predicted octanol–water partition coefficient (Wildman–Crippen LogP) is 2.81. The molecule has 0 saturated carbocycles. The second-order valence-corrected chi connectivity index (χ2v) is 6.95. The normalized spacial score (nSPS) is 11.8. The van der Waals surface area contributed by atoms with Crippen LogP contribution < -0.4 is 5.32 Å². The monoisotopic (exact) mass is 357 g/mol.